The number of amides is 1. The summed E-state index contributed by atoms with van der Waals surface area (Å²) in [7, 11) is 0. The molecule has 1 fully saturated rings. The number of alkyl halides is 3. The number of rotatable bonds is 2. The Labute approximate surface area is 129 Å². The van der Waals surface area contributed by atoms with Gasteiger partial charge in [0.05, 0.1) is 16.1 Å². The highest BCUT2D eigenvalue weighted by Gasteiger charge is 2.47. The van der Waals surface area contributed by atoms with Crippen LogP contribution in [0.1, 0.15) is 12.0 Å². The maximum Gasteiger partial charge on any atom is 0.471 e. The van der Waals surface area contributed by atoms with Gasteiger partial charge in [-0.25, -0.2) is 0 Å². The van der Waals surface area contributed by atoms with Crippen molar-refractivity contribution in [1.29, 1.82) is 0 Å². The highest BCUT2D eigenvalue weighted by atomic mass is 35.5. The van der Waals surface area contributed by atoms with Crippen LogP contribution in [0, 0.1) is 0 Å². The fourth-order valence-corrected chi connectivity index (χ4v) is 2.78. The van der Waals surface area contributed by atoms with Crippen molar-refractivity contribution in [2.75, 3.05) is 6.54 Å². The number of hydrogen-bond acceptors (Lipinski definition) is 2. The largest absolute Gasteiger partial charge is 0.471 e. The molecule has 1 aliphatic rings. The first-order chi connectivity index (χ1) is 9.70. The number of nitrogens with two attached hydrogens (primary N) is 1. The maximum atomic E-state index is 12.6. The van der Waals surface area contributed by atoms with Gasteiger partial charge < -0.3 is 10.6 Å². The van der Waals surface area contributed by atoms with Gasteiger partial charge in [-0.15, -0.1) is 0 Å². The van der Waals surface area contributed by atoms with Crippen LogP contribution in [0.5, 0.6) is 0 Å². The molecule has 1 aromatic rings. The van der Waals surface area contributed by atoms with E-state index < -0.39 is 24.2 Å². The van der Waals surface area contributed by atoms with Crippen LogP contribution in [0.4, 0.5) is 13.2 Å². The number of carbonyl (C=O) groups excluding carboxylic acids is 1. The van der Waals surface area contributed by atoms with E-state index in [1.165, 1.54) is 0 Å². The van der Waals surface area contributed by atoms with E-state index in [-0.39, 0.29) is 13.0 Å². The Morgan fingerprint density at radius 3 is 2.57 bits per heavy atom. The van der Waals surface area contributed by atoms with Crippen LogP contribution in [-0.2, 0) is 11.2 Å². The van der Waals surface area contributed by atoms with Gasteiger partial charge in [0.15, 0.2) is 0 Å². The second kappa shape index (κ2) is 6.02. The Balaban J connectivity index is 2.19. The minimum atomic E-state index is -4.89. The number of nitrogens with zero attached hydrogens (tertiary/aromatic N) is 1. The lowest BCUT2D eigenvalue weighted by molar-refractivity contribution is -0.186. The molecule has 1 saturated heterocycles. The zero-order valence-electron chi connectivity index (χ0n) is 10.8. The van der Waals surface area contributed by atoms with E-state index in [0.717, 1.165) is 4.90 Å². The van der Waals surface area contributed by atoms with Crippen molar-refractivity contribution in [2.45, 2.75) is 31.1 Å². The Bertz CT molecular complexity index is 551. The molecule has 0 bridgehead atoms. The molecule has 2 rings (SSSR count). The molecule has 2 atom stereocenters. The van der Waals surface area contributed by atoms with Crippen LogP contribution in [0.15, 0.2) is 18.2 Å². The van der Waals surface area contributed by atoms with Crippen molar-refractivity contribution in [3.8, 4) is 0 Å². The number of likely N-dealkylation sites (tertiary alicyclic amines) is 1. The third-order valence-electron chi connectivity index (χ3n) is 3.53. The van der Waals surface area contributed by atoms with E-state index in [2.05, 4.69) is 0 Å². The average molecular weight is 341 g/mol. The monoisotopic (exact) mass is 340 g/mol. The summed E-state index contributed by atoms with van der Waals surface area (Å²) in [5.41, 5.74) is 6.53. The molecule has 1 aromatic carbocycles. The van der Waals surface area contributed by atoms with E-state index in [1.807, 2.05) is 0 Å². The number of carbonyl (C=O) groups is 1. The molecule has 0 spiro atoms. The lowest BCUT2D eigenvalue weighted by Crippen LogP contribution is -2.48. The van der Waals surface area contributed by atoms with Crippen LogP contribution in [0.25, 0.3) is 0 Å². The third kappa shape index (κ3) is 3.62. The van der Waals surface area contributed by atoms with Crippen molar-refractivity contribution in [3.63, 3.8) is 0 Å². The fraction of sp³-hybridized carbons (Fsp3) is 0.462. The van der Waals surface area contributed by atoms with Gasteiger partial charge in [-0.3, -0.25) is 4.79 Å². The summed E-state index contributed by atoms with van der Waals surface area (Å²) in [4.78, 5) is 12.2. The van der Waals surface area contributed by atoms with Crippen molar-refractivity contribution in [2.24, 2.45) is 5.73 Å². The van der Waals surface area contributed by atoms with Crippen molar-refractivity contribution in [3.05, 3.63) is 33.8 Å². The Kier molecular flexibility index (Phi) is 4.70. The van der Waals surface area contributed by atoms with Gasteiger partial charge in [-0.2, -0.15) is 13.2 Å². The van der Waals surface area contributed by atoms with Crippen LogP contribution in [0.2, 0.25) is 10.0 Å². The summed E-state index contributed by atoms with van der Waals surface area (Å²) in [6.07, 6.45) is -4.34. The smallest absolute Gasteiger partial charge is 0.330 e. The van der Waals surface area contributed by atoms with Gasteiger partial charge in [0.2, 0.25) is 0 Å². The van der Waals surface area contributed by atoms with Gasteiger partial charge in [-0.05, 0) is 30.5 Å². The molecule has 3 nitrogen and oxygen atoms in total. The average Bonchev–Trinajstić information content (AvgIpc) is 2.73. The van der Waals surface area contributed by atoms with Crippen LogP contribution in [-0.4, -0.2) is 35.6 Å². The van der Waals surface area contributed by atoms with Crippen LogP contribution >= 0.6 is 23.2 Å². The molecule has 0 aliphatic carbocycles. The molecule has 116 valence electrons. The normalized spacial score (nSPS) is 22.7. The quantitative estimate of drug-likeness (QED) is 0.899. The van der Waals surface area contributed by atoms with Gasteiger partial charge in [0.1, 0.15) is 0 Å². The number of halogens is 5. The lowest BCUT2D eigenvalue weighted by atomic mass is 10.0. The second-order valence-electron chi connectivity index (χ2n) is 4.97. The highest BCUT2D eigenvalue weighted by Crippen LogP contribution is 2.29. The maximum absolute atomic E-state index is 12.6. The van der Waals surface area contributed by atoms with Gasteiger partial charge in [-0.1, -0.05) is 29.3 Å². The Morgan fingerprint density at radius 1 is 1.33 bits per heavy atom. The topological polar surface area (TPSA) is 46.3 Å². The molecule has 1 aliphatic heterocycles. The van der Waals surface area contributed by atoms with Gasteiger partial charge in [0.25, 0.3) is 0 Å². The predicted molar refractivity (Wildman–Crippen MR) is 74.3 cm³/mol. The summed E-state index contributed by atoms with van der Waals surface area (Å²) in [6.45, 7) is 0.00545. The first kappa shape index (κ1) is 16.4. The minimum absolute atomic E-state index is 0.00545. The summed E-state index contributed by atoms with van der Waals surface area (Å²) < 4.78 is 37.8. The summed E-state index contributed by atoms with van der Waals surface area (Å²) in [5.74, 6) is -1.85. The SMILES string of the molecule is NC1CCN(C(=O)C(F)(F)F)C1Cc1ccc(Cl)c(Cl)c1. The summed E-state index contributed by atoms with van der Waals surface area (Å²) >= 11 is 11.7. The molecule has 0 saturated carbocycles. The summed E-state index contributed by atoms with van der Waals surface area (Å²) in [6, 6.07) is 3.61. The fourth-order valence-electron chi connectivity index (χ4n) is 2.46. The molecular formula is C13H13Cl2F3N2O. The molecule has 21 heavy (non-hydrogen) atoms. The van der Waals surface area contributed by atoms with Crippen molar-refractivity contribution >= 4 is 29.1 Å². The van der Waals surface area contributed by atoms with E-state index in [0.29, 0.717) is 22.0 Å². The van der Waals surface area contributed by atoms with E-state index in [9.17, 15) is 18.0 Å². The second-order valence-corrected chi connectivity index (χ2v) is 5.78. The first-order valence-electron chi connectivity index (χ1n) is 6.27. The van der Waals surface area contributed by atoms with Gasteiger partial charge >= 0.3 is 12.1 Å². The predicted octanol–water partition coefficient (Wildman–Crippen LogP) is 3.03. The number of benzene rings is 1. The molecule has 0 aromatic heterocycles. The Morgan fingerprint density at radius 2 is 2.00 bits per heavy atom. The van der Waals surface area contributed by atoms with E-state index in [1.54, 1.807) is 18.2 Å². The molecule has 2 unspecified atom stereocenters. The van der Waals surface area contributed by atoms with E-state index >= 15 is 0 Å². The minimum Gasteiger partial charge on any atom is -0.330 e. The molecule has 0 radical (unpaired) electrons. The Hall–Kier alpha value is -0.980. The molecule has 1 heterocycles. The first-order valence-corrected chi connectivity index (χ1v) is 7.03. The van der Waals surface area contributed by atoms with Gasteiger partial charge in [0, 0.05) is 12.6 Å². The van der Waals surface area contributed by atoms with Crippen LogP contribution < -0.4 is 5.73 Å². The molecular weight excluding hydrogens is 328 g/mol. The lowest BCUT2D eigenvalue weighted by Gasteiger charge is -2.27. The van der Waals surface area contributed by atoms with E-state index in [4.69, 9.17) is 28.9 Å². The zero-order valence-corrected chi connectivity index (χ0v) is 12.3. The zero-order chi connectivity index (χ0) is 15.8. The standard InChI is InChI=1S/C13H13Cl2F3N2O/c14-8-2-1-7(5-9(8)15)6-11-10(19)3-4-20(11)12(21)13(16,17)18/h1-2,5,10-11H,3-4,6,19H2. The highest BCUT2D eigenvalue weighted by molar-refractivity contribution is 6.42. The summed E-state index contributed by atoms with van der Waals surface area (Å²) in [5, 5.41) is 0.675. The van der Waals surface area contributed by atoms with Crippen molar-refractivity contribution in [1.82, 2.24) is 4.90 Å². The number of hydrogen-bond donors (Lipinski definition) is 1. The molecule has 8 heteroatoms. The van der Waals surface area contributed by atoms with Crippen molar-refractivity contribution < 1.29 is 18.0 Å². The third-order valence-corrected chi connectivity index (χ3v) is 4.27. The molecule has 1 amide bonds. The molecule has 2 N–H and O–H groups in total. The van der Waals surface area contributed by atoms with Crippen LogP contribution in [0.3, 0.4) is 0 Å².